The number of carbonyl (C=O) groups excluding carboxylic acids is 1. The molecule has 0 saturated carbocycles. The van der Waals surface area contributed by atoms with Crippen molar-refractivity contribution >= 4 is 27.5 Å². The number of rotatable bonds is 8. The summed E-state index contributed by atoms with van der Waals surface area (Å²) in [5, 5.41) is 7.11. The van der Waals surface area contributed by atoms with Gasteiger partial charge in [0.15, 0.2) is 5.76 Å². The summed E-state index contributed by atoms with van der Waals surface area (Å²) in [6.45, 7) is 0.963. The van der Waals surface area contributed by atoms with Crippen LogP contribution in [0.25, 0.3) is 0 Å². The number of furan rings is 1. The summed E-state index contributed by atoms with van der Waals surface area (Å²) in [6, 6.07) is 21.1. The maximum absolute atomic E-state index is 12.5. The van der Waals surface area contributed by atoms with Crippen LogP contribution in [-0.2, 0) is 19.6 Å². The number of anilines is 1. The van der Waals surface area contributed by atoms with E-state index in [1.165, 1.54) is 5.56 Å². The molecule has 2 aromatic carbocycles. The number of halogens is 1. The van der Waals surface area contributed by atoms with Gasteiger partial charge in [-0.15, -0.1) is 0 Å². The van der Waals surface area contributed by atoms with Crippen LogP contribution in [0.3, 0.4) is 0 Å². The fourth-order valence-corrected chi connectivity index (χ4v) is 3.32. The van der Waals surface area contributed by atoms with Crippen LogP contribution in [0.1, 0.15) is 21.9 Å². The highest BCUT2D eigenvalue weighted by Crippen LogP contribution is 2.25. The van der Waals surface area contributed by atoms with Gasteiger partial charge >= 0.3 is 0 Å². The highest BCUT2D eigenvalue weighted by molar-refractivity contribution is 9.10. The van der Waals surface area contributed by atoms with Gasteiger partial charge in [-0.25, -0.2) is 0 Å². The first-order chi connectivity index (χ1) is 14.7. The Morgan fingerprint density at radius 3 is 2.70 bits per heavy atom. The zero-order valence-corrected chi connectivity index (χ0v) is 17.7. The molecule has 0 aliphatic heterocycles. The summed E-state index contributed by atoms with van der Waals surface area (Å²) >= 11 is 3.43. The van der Waals surface area contributed by atoms with Crippen LogP contribution in [0.15, 0.2) is 88.0 Å². The zero-order valence-electron chi connectivity index (χ0n) is 16.1. The van der Waals surface area contributed by atoms with E-state index in [0.717, 1.165) is 17.4 Å². The first kappa shape index (κ1) is 20.0. The molecule has 2 heterocycles. The Labute approximate surface area is 182 Å². The summed E-state index contributed by atoms with van der Waals surface area (Å²) < 4.78 is 14.0. The number of carbonyl (C=O) groups is 1. The van der Waals surface area contributed by atoms with E-state index in [1.54, 1.807) is 24.5 Å². The first-order valence-electron chi connectivity index (χ1n) is 9.51. The van der Waals surface area contributed by atoms with Gasteiger partial charge in [0.25, 0.3) is 5.91 Å². The Morgan fingerprint density at radius 2 is 1.87 bits per heavy atom. The van der Waals surface area contributed by atoms with E-state index in [0.29, 0.717) is 17.2 Å². The average Bonchev–Trinajstić information content (AvgIpc) is 3.42. The Bertz CT molecular complexity index is 1120. The van der Waals surface area contributed by atoms with E-state index in [4.69, 9.17) is 9.15 Å². The summed E-state index contributed by atoms with van der Waals surface area (Å²) in [5.41, 5.74) is 1.86. The molecule has 1 amide bonds. The predicted octanol–water partition coefficient (Wildman–Crippen LogP) is 5.31. The van der Waals surface area contributed by atoms with Crippen LogP contribution in [-0.4, -0.2) is 15.7 Å². The van der Waals surface area contributed by atoms with Crippen LogP contribution < -0.4 is 10.1 Å². The van der Waals surface area contributed by atoms with Gasteiger partial charge in [0.05, 0.1) is 16.4 Å². The summed E-state index contributed by atoms with van der Waals surface area (Å²) in [7, 11) is 0. The highest BCUT2D eigenvalue weighted by atomic mass is 79.9. The molecule has 6 nitrogen and oxygen atoms in total. The third-order valence-corrected chi connectivity index (χ3v) is 5.11. The first-order valence-corrected chi connectivity index (χ1v) is 10.3. The number of amides is 1. The second kappa shape index (κ2) is 9.45. The van der Waals surface area contributed by atoms with Gasteiger partial charge in [0, 0.05) is 12.7 Å². The number of benzene rings is 2. The number of hydrogen-bond acceptors (Lipinski definition) is 4. The van der Waals surface area contributed by atoms with Gasteiger partial charge in [0.1, 0.15) is 18.1 Å². The Hall–Kier alpha value is -3.32. The summed E-state index contributed by atoms with van der Waals surface area (Å²) in [4.78, 5) is 12.5. The smallest absolute Gasteiger partial charge is 0.291 e. The van der Waals surface area contributed by atoms with Crippen molar-refractivity contribution in [2.75, 3.05) is 5.32 Å². The molecular formula is C23H20BrN3O3. The standard InChI is InChI=1S/C23H20BrN3O3/c24-20-8-4-5-9-21(20)29-16-19-10-11-22(30-19)23(28)26-18-14-25-27(15-18)13-12-17-6-2-1-3-7-17/h1-11,14-15H,12-13,16H2,(H,26,28). The largest absolute Gasteiger partial charge is 0.484 e. The lowest BCUT2D eigenvalue weighted by molar-refractivity contribution is 0.0992. The van der Waals surface area contributed by atoms with Gasteiger partial charge < -0.3 is 14.5 Å². The quantitative estimate of drug-likeness (QED) is 0.382. The maximum Gasteiger partial charge on any atom is 0.291 e. The molecule has 0 aliphatic rings. The lowest BCUT2D eigenvalue weighted by atomic mass is 10.1. The van der Waals surface area contributed by atoms with Crippen molar-refractivity contribution in [3.05, 3.63) is 101 Å². The predicted molar refractivity (Wildman–Crippen MR) is 118 cm³/mol. The van der Waals surface area contributed by atoms with Gasteiger partial charge in [-0.05, 0) is 52.2 Å². The van der Waals surface area contributed by atoms with Gasteiger partial charge in [-0.3, -0.25) is 9.48 Å². The SMILES string of the molecule is O=C(Nc1cnn(CCc2ccccc2)c1)c1ccc(COc2ccccc2Br)o1. The number of ether oxygens (including phenoxy) is 1. The topological polar surface area (TPSA) is 69.3 Å². The molecule has 2 aromatic heterocycles. The number of aryl methyl sites for hydroxylation is 2. The van der Waals surface area contributed by atoms with Crippen molar-refractivity contribution in [1.82, 2.24) is 9.78 Å². The molecule has 0 saturated heterocycles. The second-order valence-corrected chi connectivity index (χ2v) is 7.52. The van der Waals surface area contributed by atoms with Crippen molar-refractivity contribution in [3.63, 3.8) is 0 Å². The average molecular weight is 466 g/mol. The molecule has 4 rings (SSSR count). The minimum Gasteiger partial charge on any atom is -0.484 e. The molecule has 0 radical (unpaired) electrons. The molecule has 4 aromatic rings. The third kappa shape index (κ3) is 5.18. The molecule has 0 atom stereocenters. The Kier molecular flexibility index (Phi) is 6.29. The van der Waals surface area contributed by atoms with Gasteiger partial charge in [-0.2, -0.15) is 5.10 Å². The van der Waals surface area contributed by atoms with Crippen LogP contribution >= 0.6 is 15.9 Å². The third-order valence-electron chi connectivity index (χ3n) is 4.46. The molecule has 1 N–H and O–H groups in total. The number of para-hydroxylation sites is 1. The van der Waals surface area contributed by atoms with Crippen molar-refractivity contribution in [2.24, 2.45) is 0 Å². The molecule has 0 bridgehead atoms. The van der Waals surface area contributed by atoms with Crippen LogP contribution in [0.4, 0.5) is 5.69 Å². The molecule has 0 spiro atoms. The monoisotopic (exact) mass is 465 g/mol. The molecule has 0 aliphatic carbocycles. The molecular weight excluding hydrogens is 446 g/mol. The lowest BCUT2D eigenvalue weighted by Crippen LogP contribution is -2.10. The van der Waals surface area contributed by atoms with Crippen LogP contribution in [0.5, 0.6) is 5.75 Å². The Balaban J connectivity index is 1.30. The summed E-state index contributed by atoms with van der Waals surface area (Å²) in [5.74, 6) is 1.17. The number of hydrogen-bond donors (Lipinski definition) is 1. The van der Waals surface area contributed by atoms with E-state index < -0.39 is 0 Å². The minimum atomic E-state index is -0.329. The highest BCUT2D eigenvalue weighted by Gasteiger charge is 2.13. The van der Waals surface area contributed by atoms with E-state index in [9.17, 15) is 4.79 Å². The second-order valence-electron chi connectivity index (χ2n) is 6.67. The zero-order chi connectivity index (χ0) is 20.8. The lowest BCUT2D eigenvalue weighted by Gasteiger charge is -2.05. The summed E-state index contributed by atoms with van der Waals surface area (Å²) in [6.07, 6.45) is 4.30. The fraction of sp³-hybridized carbons (Fsp3) is 0.130. The number of aromatic nitrogens is 2. The van der Waals surface area contributed by atoms with Crippen LogP contribution in [0.2, 0.25) is 0 Å². The number of nitrogens with zero attached hydrogens (tertiary/aromatic N) is 2. The molecule has 0 fully saturated rings. The molecule has 0 unspecified atom stereocenters. The fourth-order valence-electron chi connectivity index (χ4n) is 2.92. The minimum absolute atomic E-state index is 0.220. The number of nitrogens with one attached hydrogen (secondary N) is 1. The van der Waals surface area contributed by atoms with Gasteiger partial charge in [0.2, 0.25) is 0 Å². The van der Waals surface area contributed by atoms with Crippen LogP contribution in [0, 0.1) is 0 Å². The van der Waals surface area contributed by atoms with E-state index >= 15 is 0 Å². The normalized spacial score (nSPS) is 10.7. The van der Waals surface area contributed by atoms with E-state index in [1.807, 2.05) is 47.1 Å². The van der Waals surface area contributed by atoms with Crippen molar-refractivity contribution in [3.8, 4) is 5.75 Å². The van der Waals surface area contributed by atoms with Crippen molar-refractivity contribution < 1.29 is 13.9 Å². The molecule has 152 valence electrons. The van der Waals surface area contributed by atoms with Crippen molar-refractivity contribution in [1.29, 1.82) is 0 Å². The molecule has 30 heavy (non-hydrogen) atoms. The maximum atomic E-state index is 12.5. The van der Waals surface area contributed by atoms with Crippen molar-refractivity contribution in [2.45, 2.75) is 19.6 Å². The van der Waals surface area contributed by atoms with E-state index in [-0.39, 0.29) is 18.3 Å². The Morgan fingerprint density at radius 1 is 1.07 bits per heavy atom. The molecule has 7 heteroatoms. The van der Waals surface area contributed by atoms with Gasteiger partial charge in [-0.1, -0.05) is 42.5 Å². The van der Waals surface area contributed by atoms with E-state index in [2.05, 4.69) is 38.5 Å².